The molecule has 0 bridgehead atoms. The second kappa shape index (κ2) is 7.84. The number of hydrogen-bond acceptors (Lipinski definition) is 3. The van der Waals surface area contributed by atoms with Crippen molar-refractivity contribution in [2.45, 2.75) is 37.6 Å². The van der Waals surface area contributed by atoms with Crippen molar-refractivity contribution in [2.75, 3.05) is 19.6 Å². The first-order valence-corrected chi connectivity index (χ1v) is 11.1. The lowest BCUT2D eigenvalue weighted by Crippen LogP contribution is -2.47. The summed E-state index contributed by atoms with van der Waals surface area (Å²) in [5.74, 6) is 0.112. The third-order valence-electron chi connectivity index (χ3n) is 7.05. The summed E-state index contributed by atoms with van der Waals surface area (Å²) < 4.78 is 0. The maximum absolute atomic E-state index is 13.2. The standard InChI is InChI=1S/C25H27N3O3/c29-22(27-14-11-19(12-15-27)16-18-6-2-1-3-7-18)17-28-23(30)25(26-24(28)31)13-10-20-8-4-5-9-21(20)25/h1-9,19H,10-17H2,(H,26,31)/t25-/m0/s1. The van der Waals surface area contributed by atoms with E-state index >= 15 is 0 Å². The number of amides is 4. The van der Waals surface area contributed by atoms with E-state index in [1.807, 2.05) is 30.3 Å². The molecule has 1 spiro atoms. The van der Waals surface area contributed by atoms with E-state index in [9.17, 15) is 14.4 Å². The summed E-state index contributed by atoms with van der Waals surface area (Å²) in [6.07, 6.45) is 4.21. The van der Waals surface area contributed by atoms with E-state index < -0.39 is 11.6 Å². The monoisotopic (exact) mass is 417 g/mol. The summed E-state index contributed by atoms with van der Waals surface area (Å²) in [6.45, 7) is 1.17. The largest absolute Gasteiger partial charge is 0.341 e. The maximum atomic E-state index is 13.2. The van der Waals surface area contributed by atoms with Crippen LogP contribution in [0.15, 0.2) is 54.6 Å². The Kier molecular flexibility index (Phi) is 5.00. The van der Waals surface area contributed by atoms with Gasteiger partial charge in [0.1, 0.15) is 12.1 Å². The zero-order valence-corrected chi connectivity index (χ0v) is 17.5. The van der Waals surface area contributed by atoms with Gasteiger partial charge in [0.15, 0.2) is 0 Å². The fourth-order valence-electron chi connectivity index (χ4n) is 5.30. The Balaban J connectivity index is 1.21. The van der Waals surface area contributed by atoms with E-state index in [0.29, 0.717) is 25.4 Å². The Morgan fingerprint density at radius 2 is 1.71 bits per heavy atom. The molecule has 160 valence electrons. The molecule has 0 saturated carbocycles. The highest BCUT2D eigenvalue weighted by Crippen LogP contribution is 2.41. The Morgan fingerprint density at radius 3 is 2.48 bits per heavy atom. The SMILES string of the molecule is O=C(CN1C(=O)N[C@]2(CCc3ccccc32)C1=O)N1CCC(Cc2ccccc2)CC1. The van der Waals surface area contributed by atoms with Gasteiger partial charge in [0, 0.05) is 13.1 Å². The van der Waals surface area contributed by atoms with Crippen molar-refractivity contribution in [3.63, 3.8) is 0 Å². The summed E-state index contributed by atoms with van der Waals surface area (Å²) in [5.41, 5.74) is 2.28. The van der Waals surface area contributed by atoms with Crippen molar-refractivity contribution in [2.24, 2.45) is 5.92 Å². The molecule has 2 aromatic carbocycles. The first kappa shape index (κ1) is 19.8. The zero-order valence-electron chi connectivity index (χ0n) is 17.5. The lowest BCUT2D eigenvalue weighted by molar-refractivity contribution is -0.140. The average Bonchev–Trinajstić information content (AvgIpc) is 3.28. The number of aryl methyl sites for hydroxylation is 1. The molecule has 6 nitrogen and oxygen atoms in total. The van der Waals surface area contributed by atoms with Gasteiger partial charge in [-0.3, -0.25) is 14.5 Å². The van der Waals surface area contributed by atoms with Crippen molar-refractivity contribution in [1.29, 1.82) is 0 Å². The molecular weight excluding hydrogens is 390 g/mol. The number of carbonyl (C=O) groups excluding carboxylic acids is 3. The lowest BCUT2D eigenvalue weighted by atomic mass is 9.90. The Hall–Kier alpha value is -3.15. The third kappa shape index (κ3) is 3.50. The van der Waals surface area contributed by atoms with Crippen molar-refractivity contribution in [3.8, 4) is 0 Å². The van der Waals surface area contributed by atoms with E-state index in [0.717, 1.165) is 41.7 Å². The number of carbonyl (C=O) groups is 3. The van der Waals surface area contributed by atoms with Crippen LogP contribution >= 0.6 is 0 Å². The van der Waals surface area contributed by atoms with Gasteiger partial charge in [-0.2, -0.15) is 0 Å². The summed E-state index contributed by atoms with van der Waals surface area (Å²) in [4.78, 5) is 41.7. The zero-order chi connectivity index (χ0) is 21.4. The van der Waals surface area contributed by atoms with Crippen LogP contribution in [0.1, 0.15) is 36.0 Å². The number of nitrogens with one attached hydrogen (secondary N) is 1. The van der Waals surface area contributed by atoms with Crippen LogP contribution < -0.4 is 5.32 Å². The number of likely N-dealkylation sites (tertiary alicyclic amines) is 1. The number of benzene rings is 2. The molecule has 0 aromatic heterocycles. The summed E-state index contributed by atoms with van der Waals surface area (Å²) in [5, 5.41) is 2.89. The summed E-state index contributed by atoms with van der Waals surface area (Å²) >= 11 is 0. The highest BCUT2D eigenvalue weighted by Gasteiger charge is 2.55. The van der Waals surface area contributed by atoms with E-state index in [1.165, 1.54) is 5.56 Å². The van der Waals surface area contributed by atoms with Crippen LogP contribution in [-0.2, 0) is 28.0 Å². The average molecular weight is 418 g/mol. The summed E-state index contributed by atoms with van der Waals surface area (Å²) in [7, 11) is 0. The van der Waals surface area contributed by atoms with Crippen molar-refractivity contribution in [3.05, 3.63) is 71.3 Å². The van der Waals surface area contributed by atoms with Gasteiger partial charge >= 0.3 is 6.03 Å². The number of piperidine rings is 1. The Labute approximate surface area is 182 Å². The van der Waals surface area contributed by atoms with Gasteiger partial charge in [0.05, 0.1) is 0 Å². The molecule has 4 amide bonds. The van der Waals surface area contributed by atoms with Crippen molar-refractivity contribution >= 4 is 17.8 Å². The molecule has 2 fully saturated rings. The highest BCUT2D eigenvalue weighted by molar-refractivity contribution is 6.09. The van der Waals surface area contributed by atoms with E-state index in [1.54, 1.807) is 4.90 Å². The van der Waals surface area contributed by atoms with Gasteiger partial charge < -0.3 is 10.2 Å². The first-order valence-electron chi connectivity index (χ1n) is 11.1. The van der Waals surface area contributed by atoms with Crippen LogP contribution in [0.25, 0.3) is 0 Å². The number of hydrogen-bond donors (Lipinski definition) is 1. The van der Waals surface area contributed by atoms with Gasteiger partial charge in [-0.25, -0.2) is 4.79 Å². The fraction of sp³-hybridized carbons (Fsp3) is 0.400. The number of imide groups is 1. The smallest absolute Gasteiger partial charge is 0.325 e. The van der Waals surface area contributed by atoms with Crippen LogP contribution in [-0.4, -0.2) is 47.3 Å². The molecule has 2 aliphatic heterocycles. The highest BCUT2D eigenvalue weighted by atomic mass is 16.2. The predicted octanol–water partition coefficient (Wildman–Crippen LogP) is 2.86. The molecule has 2 heterocycles. The van der Waals surface area contributed by atoms with Crippen LogP contribution in [0.5, 0.6) is 0 Å². The molecule has 1 aliphatic carbocycles. The number of rotatable bonds is 4. The van der Waals surface area contributed by atoms with Crippen LogP contribution in [0.4, 0.5) is 4.79 Å². The lowest BCUT2D eigenvalue weighted by Gasteiger charge is -2.33. The Morgan fingerprint density at radius 1 is 1.00 bits per heavy atom. The minimum absolute atomic E-state index is 0.148. The molecule has 1 N–H and O–H groups in total. The molecule has 2 saturated heterocycles. The van der Waals surface area contributed by atoms with Gasteiger partial charge in [-0.05, 0) is 54.7 Å². The topological polar surface area (TPSA) is 69.7 Å². The molecule has 3 aliphatic rings. The normalized spacial score (nSPS) is 23.4. The van der Waals surface area contributed by atoms with E-state index in [-0.39, 0.29) is 18.4 Å². The Bertz CT molecular complexity index is 1010. The predicted molar refractivity (Wildman–Crippen MR) is 116 cm³/mol. The van der Waals surface area contributed by atoms with Crippen LogP contribution in [0.3, 0.4) is 0 Å². The molecule has 6 heteroatoms. The molecule has 0 radical (unpaired) electrons. The second-order valence-corrected chi connectivity index (χ2v) is 8.90. The molecular formula is C25H27N3O3. The van der Waals surface area contributed by atoms with Crippen LogP contribution in [0, 0.1) is 5.92 Å². The van der Waals surface area contributed by atoms with Gasteiger partial charge in [0.2, 0.25) is 5.91 Å². The van der Waals surface area contributed by atoms with Crippen LogP contribution in [0.2, 0.25) is 0 Å². The quantitative estimate of drug-likeness (QED) is 0.778. The second-order valence-electron chi connectivity index (χ2n) is 8.90. The number of fused-ring (bicyclic) bond motifs is 2. The first-order chi connectivity index (χ1) is 15.1. The molecule has 5 rings (SSSR count). The molecule has 2 aromatic rings. The van der Waals surface area contributed by atoms with Gasteiger partial charge in [0.25, 0.3) is 5.91 Å². The molecule has 31 heavy (non-hydrogen) atoms. The number of nitrogens with zero attached hydrogens (tertiary/aromatic N) is 2. The maximum Gasteiger partial charge on any atom is 0.325 e. The van der Waals surface area contributed by atoms with Gasteiger partial charge in [-0.1, -0.05) is 54.6 Å². The van der Waals surface area contributed by atoms with Gasteiger partial charge in [-0.15, -0.1) is 0 Å². The fourth-order valence-corrected chi connectivity index (χ4v) is 5.30. The van der Waals surface area contributed by atoms with E-state index in [2.05, 4.69) is 29.6 Å². The minimum atomic E-state index is -1.00. The molecule has 0 unspecified atom stereocenters. The van der Waals surface area contributed by atoms with Crippen molar-refractivity contribution < 1.29 is 14.4 Å². The third-order valence-corrected chi connectivity index (χ3v) is 7.05. The van der Waals surface area contributed by atoms with Crippen molar-refractivity contribution in [1.82, 2.24) is 15.1 Å². The van der Waals surface area contributed by atoms with E-state index in [4.69, 9.17) is 0 Å². The minimum Gasteiger partial charge on any atom is -0.341 e. The number of urea groups is 1. The summed E-state index contributed by atoms with van der Waals surface area (Å²) in [6, 6.07) is 17.7. The molecule has 1 atom stereocenters.